The summed E-state index contributed by atoms with van der Waals surface area (Å²) < 4.78 is 5.27. The van der Waals surface area contributed by atoms with Crippen molar-refractivity contribution in [2.75, 3.05) is 0 Å². The lowest BCUT2D eigenvalue weighted by atomic mass is 10.1. The Bertz CT molecular complexity index is 786. The lowest BCUT2D eigenvalue weighted by Gasteiger charge is -2.04. The first-order valence-corrected chi connectivity index (χ1v) is 6.61. The smallest absolute Gasteiger partial charge is 0.114 e. The van der Waals surface area contributed by atoms with Crippen LogP contribution in [0, 0.1) is 18.3 Å². The largest absolute Gasteiger partial charge is 0.468 e. The van der Waals surface area contributed by atoms with Crippen molar-refractivity contribution in [1.82, 2.24) is 4.98 Å². The first kappa shape index (κ1) is 11.8. The Morgan fingerprint density at radius 2 is 2.11 bits per heavy atom. The molecule has 0 spiro atoms. The number of rotatable bonds is 2. The predicted octanol–water partition coefficient (Wildman–Crippen LogP) is 4.16. The number of aryl methyl sites for hydroxylation is 1. The summed E-state index contributed by atoms with van der Waals surface area (Å²) in [4.78, 5) is 5.59. The molecule has 0 bridgehead atoms. The van der Waals surface area contributed by atoms with Crippen molar-refractivity contribution in [3.63, 3.8) is 0 Å². The molecule has 0 saturated heterocycles. The zero-order valence-electron chi connectivity index (χ0n) is 10.3. The van der Waals surface area contributed by atoms with E-state index in [1.54, 1.807) is 6.26 Å². The molecule has 19 heavy (non-hydrogen) atoms. The molecule has 0 atom stereocenters. The molecule has 4 heteroatoms. The van der Waals surface area contributed by atoms with Crippen LogP contribution >= 0.6 is 11.8 Å². The highest BCUT2D eigenvalue weighted by Crippen LogP contribution is 2.31. The predicted molar refractivity (Wildman–Crippen MR) is 74.0 cm³/mol. The number of nitriles is 1. The lowest BCUT2D eigenvalue weighted by Crippen LogP contribution is -1.87. The molecule has 0 saturated carbocycles. The molecule has 2 aromatic heterocycles. The molecule has 0 fully saturated rings. The summed E-state index contributed by atoms with van der Waals surface area (Å²) >= 11 is 1.51. The molecule has 3 aromatic rings. The Labute approximate surface area is 114 Å². The summed E-state index contributed by atoms with van der Waals surface area (Å²) in [7, 11) is 0. The fourth-order valence-electron chi connectivity index (χ4n) is 1.89. The molecule has 0 aliphatic carbocycles. The number of hydrogen-bond acceptors (Lipinski definition) is 4. The Morgan fingerprint density at radius 3 is 2.84 bits per heavy atom. The van der Waals surface area contributed by atoms with Gasteiger partial charge in [-0.15, -0.1) is 0 Å². The highest BCUT2D eigenvalue weighted by molar-refractivity contribution is 7.99. The highest BCUT2D eigenvalue weighted by Gasteiger charge is 2.09. The van der Waals surface area contributed by atoms with Gasteiger partial charge < -0.3 is 4.42 Å². The summed E-state index contributed by atoms with van der Waals surface area (Å²) in [5.41, 5.74) is 1.49. The van der Waals surface area contributed by atoms with Crippen molar-refractivity contribution in [3.05, 3.63) is 54.0 Å². The van der Waals surface area contributed by atoms with Gasteiger partial charge in [0.05, 0.1) is 28.3 Å². The average molecular weight is 266 g/mol. The van der Waals surface area contributed by atoms with Crippen LogP contribution in [0.25, 0.3) is 10.9 Å². The molecule has 2 heterocycles. The molecule has 0 aliphatic rings. The Morgan fingerprint density at radius 1 is 1.26 bits per heavy atom. The van der Waals surface area contributed by atoms with Crippen molar-refractivity contribution in [3.8, 4) is 6.07 Å². The van der Waals surface area contributed by atoms with E-state index in [9.17, 15) is 5.26 Å². The standard InChI is InChI=1S/C15H10N2OS/c1-10-14(6-7-18-10)19-15-8-11(9-16)12-4-2-3-5-13(12)17-15/h2-8H,1H3. The zero-order valence-corrected chi connectivity index (χ0v) is 11.1. The van der Waals surface area contributed by atoms with Gasteiger partial charge in [0.2, 0.25) is 0 Å². The topological polar surface area (TPSA) is 49.8 Å². The van der Waals surface area contributed by atoms with Crippen LogP contribution in [-0.2, 0) is 0 Å². The molecular formula is C15H10N2OS. The van der Waals surface area contributed by atoms with Crippen LogP contribution in [0.4, 0.5) is 0 Å². The quantitative estimate of drug-likeness (QED) is 0.698. The minimum absolute atomic E-state index is 0.647. The molecule has 0 radical (unpaired) electrons. The van der Waals surface area contributed by atoms with Crippen molar-refractivity contribution in [1.29, 1.82) is 5.26 Å². The van der Waals surface area contributed by atoms with E-state index in [-0.39, 0.29) is 0 Å². The van der Waals surface area contributed by atoms with Gasteiger partial charge in [-0.1, -0.05) is 30.0 Å². The lowest BCUT2D eigenvalue weighted by molar-refractivity contribution is 0.527. The maximum absolute atomic E-state index is 9.24. The number of hydrogen-bond donors (Lipinski definition) is 0. The van der Waals surface area contributed by atoms with Crippen LogP contribution in [0.3, 0.4) is 0 Å². The van der Waals surface area contributed by atoms with E-state index < -0.39 is 0 Å². The van der Waals surface area contributed by atoms with E-state index in [4.69, 9.17) is 4.42 Å². The van der Waals surface area contributed by atoms with Crippen molar-refractivity contribution >= 4 is 22.7 Å². The second-order valence-electron chi connectivity index (χ2n) is 4.08. The number of furan rings is 1. The van der Waals surface area contributed by atoms with Crippen LogP contribution in [0.1, 0.15) is 11.3 Å². The fourth-order valence-corrected chi connectivity index (χ4v) is 2.75. The van der Waals surface area contributed by atoms with Crippen molar-refractivity contribution in [2.24, 2.45) is 0 Å². The fraction of sp³-hybridized carbons (Fsp3) is 0.0667. The van der Waals surface area contributed by atoms with Gasteiger partial charge in [0.1, 0.15) is 10.8 Å². The Balaban J connectivity index is 2.10. The number of aromatic nitrogens is 1. The van der Waals surface area contributed by atoms with Crippen LogP contribution in [-0.4, -0.2) is 4.98 Å². The summed E-state index contributed by atoms with van der Waals surface area (Å²) in [6, 6.07) is 13.6. The average Bonchev–Trinajstić information content (AvgIpc) is 2.83. The molecule has 1 aromatic carbocycles. The SMILES string of the molecule is Cc1occc1Sc1cc(C#N)c2ccccc2n1. The van der Waals surface area contributed by atoms with E-state index in [1.165, 1.54) is 11.8 Å². The second-order valence-corrected chi connectivity index (χ2v) is 5.14. The van der Waals surface area contributed by atoms with Gasteiger partial charge in [-0.25, -0.2) is 4.98 Å². The van der Waals surface area contributed by atoms with Crippen LogP contribution < -0.4 is 0 Å². The highest BCUT2D eigenvalue weighted by atomic mass is 32.2. The zero-order chi connectivity index (χ0) is 13.2. The van der Waals surface area contributed by atoms with Gasteiger partial charge >= 0.3 is 0 Å². The minimum Gasteiger partial charge on any atom is -0.468 e. The van der Waals surface area contributed by atoms with Gasteiger partial charge in [-0.3, -0.25) is 0 Å². The number of fused-ring (bicyclic) bond motifs is 1. The third kappa shape index (κ3) is 2.20. The van der Waals surface area contributed by atoms with E-state index in [1.807, 2.05) is 43.3 Å². The first-order valence-electron chi connectivity index (χ1n) is 5.80. The molecule has 0 amide bonds. The molecule has 0 unspecified atom stereocenters. The van der Waals surface area contributed by atoms with Gasteiger partial charge in [0.25, 0.3) is 0 Å². The molecule has 92 valence electrons. The maximum atomic E-state index is 9.24. The normalized spacial score (nSPS) is 10.5. The van der Waals surface area contributed by atoms with Crippen molar-refractivity contribution in [2.45, 2.75) is 16.8 Å². The molecule has 0 N–H and O–H groups in total. The third-order valence-electron chi connectivity index (χ3n) is 2.84. The summed E-state index contributed by atoms with van der Waals surface area (Å²) in [5, 5.41) is 10.9. The summed E-state index contributed by atoms with van der Waals surface area (Å²) in [5.74, 6) is 0.860. The first-order chi connectivity index (χ1) is 9.28. The van der Waals surface area contributed by atoms with Crippen LogP contribution in [0.15, 0.2) is 57.0 Å². The molecular weight excluding hydrogens is 256 g/mol. The maximum Gasteiger partial charge on any atom is 0.114 e. The summed E-state index contributed by atoms with van der Waals surface area (Å²) in [6.45, 7) is 1.91. The van der Waals surface area contributed by atoms with E-state index in [0.29, 0.717) is 5.56 Å². The molecule has 3 nitrogen and oxygen atoms in total. The monoisotopic (exact) mass is 266 g/mol. The molecule has 3 rings (SSSR count). The van der Waals surface area contributed by atoms with Gasteiger partial charge in [-0.2, -0.15) is 5.26 Å². The second kappa shape index (κ2) is 4.79. The van der Waals surface area contributed by atoms with E-state index in [2.05, 4.69) is 11.1 Å². The van der Waals surface area contributed by atoms with Gasteiger partial charge in [0.15, 0.2) is 0 Å². The number of para-hydroxylation sites is 1. The van der Waals surface area contributed by atoms with Gasteiger partial charge in [0, 0.05) is 5.39 Å². The van der Waals surface area contributed by atoms with E-state index >= 15 is 0 Å². The Kier molecular flexibility index (Phi) is 2.98. The number of pyridine rings is 1. The van der Waals surface area contributed by atoms with E-state index in [0.717, 1.165) is 26.6 Å². The number of nitrogens with zero attached hydrogens (tertiary/aromatic N) is 2. The van der Waals surface area contributed by atoms with Gasteiger partial charge in [-0.05, 0) is 25.1 Å². The van der Waals surface area contributed by atoms with Crippen LogP contribution in [0.5, 0.6) is 0 Å². The van der Waals surface area contributed by atoms with Crippen LogP contribution in [0.2, 0.25) is 0 Å². The summed E-state index contributed by atoms with van der Waals surface area (Å²) in [6.07, 6.45) is 1.66. The number of benzene rings is 1. The van der Waals surface area contributed by atoms with Crippen molar-refractivity contribution < 1.29 is 4.42 Å². The minimum atomic E-state index is 0.647. The Hall–Kier alpha value is -2.25. The molecule has 0 aliphatic heterocycles. The third-order valence-corrected chi connectivity index (χ3v) is 3.90.